The Bertz CT molecular complexity index is 620. The lowest BCUT2D eigenvalue weighted by atomic mass is 9.96. The van der Waals surface area contributed by atoms with Gasteiger partial charge in [0.15, 0.2) is 0 Å². The minimum Gasteiger partial charge on any atom is -0.390 e. The second-order valence-electron chi connectivity index (χ2n) is 8.11. The maximum Gasteiger partial charge on any atom is 0.0945 e. The van der Waals surface area contributed by atoms with E-state index >= 15 is 0 Å². The highest BCUT2D eigenvalue weighted by atomic mass is 16.3. The van der Waals surface area contributed by atoms with Gasteiger partial charge in [0.1, 0.15) is 0 Å². The number of rotatable bonds is 7. The largest absolute Gasteiger partial charge is 0.390 e. The van der Waals surface area contributed by atoms with Crippen LogP contribution in [0.5, 0.6) is 0 Å². The van der Waals surface area contributed by atoms with Crippen molar-refractivity contribution in [2.24, 2.45) is 5.92 Å². The molecule has 1 fully saturated rings. The predicted molar refractivity (Wildman–Crippen MR) is 101 cm³/mol. The van der Waals surface area contributed by atoms with Crippen LogP contribution in [-0.4, -0.2) is 38.2 Å². The molecule has 2 heterocycles. The molecule has 1 aromatic carbocycles. The van der Waals surface area contributed by atoms with Crippen molar-refractivity contribution in [1.82, 2.24) is 14.5 Å². The summed E-state index contributed by atoms with van der Waals surface area (Å²) in [6.07, 6.45) is 10.1. The fourth-order valence-electron chi connectivity index (χ4n) is 3.54. The SMILES string of the molecule is CC(C)(O)CCc1ccc(CN2CCC(Cn3ccnc3)CC2)cc1. The zero-order valence-corrected chi connectivity index (χ0v) is 15.6. The van der Waals surface area contributed by atoms with Crippen LogP contribution < -0.4 is 0 Å². The minimum atomic E-state index is -0.584. The van der Waals surface area contributed by atoms with Gasteiger partial charge in [-0.25, -0.2) is 4.98 Å². The highest BCUT2D eigenvalue weighted by Crippen LogP contribution is 2.21. The smallest absolute Gasteiger partial charge is 0.0945 e. The number of imidazole rings is 1. The van der Waals surface area contributed by atoms with Crippen molar-refractivity contribution in [2.45, 2.75) is 58.2 Å². The second-order valence-corrected chi connectivity index (χ2v) is 8.11. The Balaban J connectivity index is 1.42. The topological polar surface area (TPSA) is 41.3 Å². The van der Waals surface area contributed by atoms with Crippen LogP contribution in [0.2, 0.25) is 0 Å². The third-order valence-electron chi connectivity index (χ3n) is 5.19. The van der Waals surface area contributed by atoms with E-state index in [1.54, 1.807) is 0 Å². The molecule has 0 saturated carbocycles. The van der Waals surface area contributed by atoms with Crippen LogP contribution in [0, 0.1) is 5.92 Å². The number of hydrogen-bond acceptors (Lipinski definition) is 3. The molecule has 0 atom stereocenters. The lowest BCUT2D eigenvalue weighted by Gasteiger charge is -2.32. The van der Waals surface area contributed by atoms with Gasteiger partial charge in [0, 0.05) is 25.5 Å². The highest BCUT2D eigenvalue weighted by molar-refractivity contribution is 5.22. The number of likely N-dealkylation sites (tertiary alicyclic amines) is 1. The summed E-state index contributed by atoms with van der Waals surface area (Å²) < 4.78 is 2.20. The lowest BCUT2D eigenvalue weighted by Crippen LogP contribution is -2.34. The van der Waals surface area contributed by atoms with Crippen molar-refractivity contribution in [3.8, 4) is 0 Å². The molecule has 1 saturated heterocycles. The molecule has 4 heteroatoms. The molecule has 0 unspecified atom stereocenters. The van der Waals surface area contributed by atoms with Crippen molar-refractivity contribution in [2.75, 3.05) is 13.1 Å². The predicted octanol–water partition coefficient (Wildman–Crippen LogP) is 3.50. The van der Waals surface area contributed by atoms with Gasteiger partial charge >= 0.3 is 0 Å². The van der Waals surface area contributed by atoms with E-state index in [2.05, 4.69) is 44.9 Å². The minimum absolute atomic E-state index is 0.584. The van der Waals surface area contributed by atoms with E-state index in [0.29, 0.717) is 0 Å². The van der Waals surface area contributed by atoms with Gasteiger partial charge in [-0.2, -0.15) is 0 Å². The van der Waals surface area contributed by atoms with Crippen LogP contribution in [0.25, 0.3) is 0 Å². The molecule has 1 N–H and O–H groups in total. The van der Waals surface area contributed by atoms with Gasteiger partial charge in [0.2, 0.25) is 0 Å². The first-order chi connectivity index (χ1) is 12.0. The average molecular weight is 341 g/mol. The number of benzene rings is 1. The third kappa shape index (κ3) is 5.98. The number of hydrogen-bond donors (Lipinski definition) is 1. The van der Waals surface area contributed by atoms with Crippen molar-refractivity contribution in [1.29, 1.82) is 0 Å². The zero-order chi connectivity index (χ0) is 17.7. The quantitative estimate of drug-likeness (QED) is 0.838. The summed E-state index contributed by atoms with van der Waals surface area (Å²) in [5.74, 6) is 0.773. The van der Waals surface area contributed by atoms with Gasteiger partial charge in [-0.15, -0.1) is 0 Å². The third-order valence-corrected chi connectivity index (χ3v) is 5.19. The van der Waals surface area contributed by atoms with E-state index in [1.165, 1.54) is 37.1 Å². The summed E-state index contributed by atoms with van der Waals surface area (Å²) in [5, 5.41) is 9.84. The van der Waals surface area contributed by atoms with Crippen LogP contribution in [0.3, 0.4) is 0 Å². The Kier molecular flexibility index (Phi) is 5.92. The monoisotopic (exact) mass is 341 g/mol. The fraction of sp³-hybridized carbons (Fsp3) is 0.571. The second kappa shape index (κ2) is 8.15. The van der Waals surface area contributed by atoms with Crippen LogP contribution in [0.1, 0.15) is 44.2 Å². The maximum absolute atomic E-state index is 9.84. The van der Waals surface area contributed by atoms with Gasteiger partial charge in [0.25, 0.3) is 0 Å². The number of nitrogens with zero attached hydrogens (tertiary/aromatic N) is 3. The maximum atomic E-state index is 9.84. The van der Waals surface area contributed by atoms with Gasteiger partial charge < -0.3 is 9.67 Å². The Morgan fingerprint density at radius 1 is 1.12 bits per heavy atom. The van der Waals surface area contributed by atoms with Crippen molar-refractivity contribution in [3.63, 3.8) is 0 Å². The van der Waals surface area contributed by atoms with Gasteiger partial charge in [-0.1, -0.05) is 24.3 Å². The molecule has 0 bridgehead atoms. The molecule has 2 aromatic rings. The van der Waals surface area contributed by atoms with Gasteiger partial charge in [0.05, 0.1) is 11.9 Å². The summed E-state index contributed by atoms with van der Waals surface area (Å²) in [7, 11) is 0. The molecule has 136 valence electrons. The summed E-state index contributed by atoms with van der Waals surface area (Å²) in [6.45, 7) is 8.25. The molecule has 1 aliphatic rings. The molecular weight excluding hydrogens is 310 g/mol. The van der Waals surface area contributed by atoms with E-state index in [9.17, 15) is 5.11 Å². The molecule has 0 aliphatic carbocycles. The molecule has 1 aromatic heterocycles. The van der Waals surface area contributed by atoms with Gasteiger partial charge in [-0.3, -0.25) is 4.90 Å². The van der Waals surface area contributed by atoms with E-state index in [-0.39, 0.29) is 0 Å². The van der Waals surface area contributed by atoms with Crippen LogP contribution in [0.4, 0.5) is 0 Å². The molecule has 1 aliphatic heterocycles. The standard InChI is InChI=1S/C21H31N3O/c1-21(2,25)10-7-18-3-5-19(6-4-18)15-23-12-8-20(9-13-23)16-24-14-11-22-17-24/h3-6,11,14,17,20,25H,7-10,12-13,15-16H2,1-2H3. The summed E-state index contributed by atoms with van der Waals surface area (Å²) in [4.78, 5) is 6.70. The summed E-state index contributed by atoms with van der Waals surface area (Å²) >= 11 is 0. The number of aliphatic hydroxyl groups is 1. The molecule has 3 rings (SSSR count). The van der Waals surface area contributed by atoms with Crippen molar-refractivity contribution in [3.05, 3.63) is 54.1 Å². The zero-order valence-electron chi connectivity index (χ0n) is 15.6. The van der Waals surface area contributed by atoms with E-state index in [4.69, 9.17) is 0 Å². The molecule has 0 radical (unpaired) electrons. The first-order valence-corrected chi connectivity index (χ1v) is 9.46. The fourth-order valence-corrected chi connectivity index (χ4v) is 3.54. The molecule has 25 heavy (non-hydrogen) atoms. The normalized spacial score (nSPS) is 17.1. The number of aryl methyl sites for hydroxylation is 1. The van der Waals surface area contributed by atoms with Crippen LogP contribution in [0.15, 0.2) is 43.0 Å². The Morgan fingerprint density at radius 2 is 1.80 bits per heavy atom. The molecule has 0 amide bonds. The van der Waals surface area contributed by atoms with Gasteiger partial charge in [-0.05, 0) is 69.7 Å². The van der Waals surface area contributed by atoms with Crippen LogP contribution >= 0.6 is 0 Å². The van der Waals surface area contributed by atoms with Crippen LogP contribution in [-0.2, 0) is 19.5 Å². The first-order valence-electron chi connectivity index (χ1n) is 9.46. The van der Waals surface area contributed by atoms with Crippen molar-refractivity contribution < 1.29 is 5.11 Å². The van der Waals surface area contributed by atoms with E-state index in [0.717, 1.165) is 31.8 Å². The molecular formula is C21H31N3O. The van der Waals surface area contributed by atoms with E-state index in [1.807, 2.05) is 26.4 Å². The first kappa shape index (κ1) is 18.2. The Hall–Kier alpha value is -1.65. The molecule has 0 spiro atoms. The summed E-state index contributed by atoms with van der Waals surface area (Å²) in [6, 6.07) is 8.92. The Morgan fingerprint density at radius 3 is 2.40 bits per heavy atom. The highest BCUT2D eigenvalue weighted by Gasteiger charge is 2.19. The average Bonchev–Trinajstić information content (AvgIpc) is 3.08. The van der Waals surface area contributed by atoms with E-state index < -0.39 is 5.60 Å². The van der Waals surface area contributed by atoms with Crippen molar-refractivity contribution >= 4 is 0 Å². The molecule has 4 nitrogen and oxygen atoms in total. The Labute approximate surface area is 151 Å². The summed E-state index contributed by atoms with van der Waals surface area (Å²) in [5.41, 5.74) is 2.12. The number of aromatic nitrogens is 2. The number of piperidine rings is 1. The lowest BCUT2D eigenvalue weighted by molar-refractivity contribution is 0.0714.